The summed E-state index contributed by atoms with van der Waals surface area (Å²) >= 11 is 0. The van der Waals surface area contributed by atoms with Gasteiger partial charge in [0.05, 0.1) is 6.10 Å². The van der Waals surface area contributed by atoms with Gasteiger partial charge in [-0.2, -0.15) is 0 Å². The van der Waals surface area contributed by atoms with E-state index in [-0.39, 0.29) is 0 Å². The standard InChI is InChI=1S/C13H19NO3/c1-8-5-11-12(17-13(2,3)16-11)6-9(8)10(15)7-14-4/h5-6,10,14-15H,7H2,1-4H3. The van der Waals surface area contributed by atoms with Crippen LogP contribution in [0.5, 0.6) is 11.5 Å². The third kappa shape index (κ3) is 2.37. The molecule has 1 unspecified atom stereocenters. The summed E-state index contributed by atoms with van der Waals surface area (Å²) in [4.78, 5) is 0. The van der Waals surface area contributed by atoms with Crippen LogP contribution in [0.3, 0.4) is 0 Å². The molecule has 4 heteroatoms. The zero-order valence-corrected chi connectivity index (χ0v) is 10.7. The summed E-state index contributed by atoms with van der Waals surface area (Å²) in [6, 6.07) is 3.78. The number of nitrogens with one attached hydrogen (secondary N) is 1. The number of benzene rings is 1. The van der Waals surface area contributed by atoms with Crippen molar-refractivity contribution in [2.24, 2.45) is 0 Å². The summed E-state index contributed by atoms with van der Waals surface area (Å²) in [5.41, 5.74) is 1.88. The molecule has 1 aliphatic rings. The van der Waals surface area contributed by atoms with E-state index >= 15 is 0 Å². The number of likely N-dealkylation sites (N-methyl/N-ethyl adjacent to an activating group) is 1. The largest absolute Gasteiger partial charge is 0.449 e. The van der Waals surface area contributed by atoms with E-state index in [0.717, 1.165) is 16.9 Å². The maximum Gasteiger partial charge on any atom is 0.246 e. The van der Waals surface area contributed by atoms with Gasteiger partial charge in [0.15, 0.2) is 11.5 Å². The first kappa shape index (κ1) is 12.2. The van der Waals surface area contributed by atoms with Crippen molar-refractivity contribution < 1.29 is 14.6 Å². The lowest BCUT2D eigenvalue weighted by Gasteiger charge is -2.16. The van der Waals surface area contributed by atoms with Crippen LogP contribution in [0.4, 0.5) is 0 Å². The molecular formula is C13H19NO3. The predicted molar refractivity (Wildman–Crippen MR) is 65.4 cm³/mol. The average Bonchev–Trinajstić information content (AvgIpc) is 2.50. The molecule has 0 radical (unpaired) electrons. The number of aliphatic hydroxyl groups excluding tert-OH is 1. The normalized spacial score (nSPS) is 18.2. The molecule has 0 amide bonds. The monoisotopic (exact) mass is 237 g/mol. The molecule has 0 aromatic heterocycles. The van der Waals surface area contributed by atoms with Crippen LogP contribution < -0.4 is 14.8 Å². The number of hydrogen-bond donors (Lipinski definition) is 2. The third-order valence-corrected chi connectivity index (χ3v) is 2.80. The molecule has 0 saturated heterocycles. The highest BCUT2D eigenvalue weighted by Crippen LogP contribution is 2.41. The van der Waals surface area contributed by atoms with Crippen molar-refractivity contribution in [2.75, 3.05) is 13.6 Å². The molecule has 1 atom stereocenters. The van der Waals surface area contributed by atoms with Gasteiger partial charge in [-0.05, 0) is 37.2 Å². The van der Waals surface area contributed by atoms with Crippen molar-refractivity contribution in [3.05, 3.63) is 23.3 Å². The van der Waals surface area contributed by atoms with Gasteiger partial charge < -0.3 is 19.9 Å². The van der Waals surface area contributed by atoms with E-state index in [1.807, 2.05) is 40.0 Å². The summed E-state index contributed by atoms with van der Waals surface area (Å²) in [7, 11) is 1.81. The van der Waals surface area contributed by atoms with Gasteiger partial charge in [-0.3, -0.25) is 0 Å². The molecule has 0 fully saturated rings. The molecule has 2 N–H and O–H groups in total. The van der Waals surface area contributed by atoms with Crippen LogP contribution in [0.15, 0.2) is 12.1 Å². The number of rotatable bonds is 3. The quantitative estimate of drug-likeness (QED) is 0.841. The van der Waals surface area contributed by atoms with Crippen LogP contribution in [0.1, 0.15) is 31.1 Å². The Labute approximate surface area is 102 Å². The highest BCUT2D eigenvalue weighted by Gasteiger charge is 2.32. The van der Waals surface area contributed by atoms with Crippen LogP contribution >= 0.6 is 0 Å². The van der Waals surface area contributed by atoms with Crippen molar-refractivity contribution in [3.63, 3.8) is 0 Å². The highest BCUT2D eigenvalue weighted by molar-refractivity contribution is 5.50. The van der Waals surface area contributed by atoms with E-state index in [0.29, 0.717) is 12.3 Å². The fourth-order valence-corrected chi connectivity index (χ4v) is 2.05. The number of hydrogen-bond acceptors (Lipinski definition) is 4. The van der Waals surface area contributed by atoms with Gasteiger partial charge >= 0.3 is 0 Å². The van der Waals surface area contributed by atoms with E-state index in [1.165, 1.54) is 0 Å². The second kappa shape index (κ2) is 4.20. The van der Waals surface area contributed by atoms with Crippen LogP contribution in [-0.4, -0.2) is 24.5 Å². The van der Waals surface area contributed by atoms with Gasteiger partial charge in [-0.15, -0.1) is 0 Å². The molecule has 1 heterocycles. The first-order valence-electron chi connectivity index (χ1n) is 5.78. The molecular weight excluding hydrogens is 218 g/mol. The maximum atomic E-state index is 10.0. The molecule has 0 aliphatic carbocycles. The summed E-state index contributed by atoms with van der Waals surface area (Å²) < 4.78 is 11.3. The summed E-state index contributed by atoms with van der Waals surface area (Å²) in [5.74, 6) is 0.820. The minimum Gasteiger partial charge on any atom is -0.449 e. The Morgan fingerprint density at radius 2 is 1.88 bits per heavy atom. The van der Waals surface area contributed by atoms with E-state index in [2.05, 4.69) is 5.32 Å². The van der Waals surface area contributed by atoms with Gasteiger partial charge in [-0.1, -0.05) is 0 Å². The minimum absolute atomic E-state index is 0.518. The van der Waals surface area contributed by atoms with Gasteiger partial charge in [0.1, 0.15) is 0 Å². The van der Waals surface area contributed by atoms with Crippen LogP contribution in [0.25, 0.3) is 0 Å². The van der Waals surface area contributed by atoms with E-state index < -0.39 is 11.9 Å². The Morgan fingerprint density at radius 3 is 2.47 bits per heavy atom. The Kier molecular flexibility index (Phi) is 3.02. The lowest BCUT2D eigenvalue weighted by Crippen LogP contribution is -2.29. The van der Waals surface area contributed by atoms with Crippen molar-refractivity contribution in [1.29, 1.82) is 0 Å². The third-order valence-electron chi connectivity index (χ3n) is 2.80. The highest BCUT2D eigenvalue weighted by atomic mass is 16.7. The van der Waals surface area contributed by atoms with Crippen LogP contribution in [0, 0.1) is 6.92 Å². The van der Waals surface area contributed by atoms with Crippen molar-refractivity contribution in [3.8, 4) is 11.5 Å². The fourth-order valence-electron chi connectivity index (χ4n) is 2.05. The zero-order valence-electron chi connectivity index (χ0n) is 10.7. The molecule has 4 nitrogen and oxygen atoms in total. The fraction of sp³-hybridized carbons (Fsp3) is 0.538. The summed E-state index contributed by atoms with van der Waals surface area (Å²) in [6.45, 7) is 6.21. The first-order chi connectivity index (χ1) is 7.93. The zero-order chi connectivity index (χ0) is 12.6. The summed E-state index contributed by atoms with van der Waals surface area (Å²) in [6.07, 6.45) is -0.530. The molecule has 1 aliphatic heterocycles. The molecule has 94 valence electrons. The number of fused-ring (bicyclic) bond motifs is 1. The topological polar surface area (TPSA) is 50.7 Å². The number of aryl methyl sites for hydroxylation is 1. The predicted octanol–water partition coefficient (Wildman–Crippen LogP) is 1.76. The van der Waals surface area contributed by atoms with Crippen LogP contribution in [0.2, 0.25) is 0 Å². The number of aliphatic hydroxyl groups is 1. The minimum atomic E-state index is -0.624. The Bertz CT molecular complexity index is 429. The molecule has 0 spiro atoms. The lowest BCUT2D eigenvalue weighted by molar-refractivity contribution is -0.0432. The molecule has 1 aromatic carbocycles. The SMILES string of the molecule is CNCC(O)c1cc2c(cc1C)OC(C)(C)O2. The molecule has 1 aromatic rings. The molecule has 0 saturated carbocycles. The van der Waals surface area contributed by atoms with Crippen molar-refractivity contribution >= 4 is 0 Å². The van der Waals surface area contributed by atoms with E-state index in [4.69, 9.17) is 9.47 Å². The lowest BCUT2D eigenvalue weighted by atomic mass is 10.0. The van der Waals surface area contributed by atoms with Crippen molar-refractivity contribution in [2.45, 2.75) is 32.7 Å². The average molecular weight is 237 g/mol. The number of ether oxygens (including phenoxy) is 2. The van der Waals surface area contributed by atoms with Gasteiger partial charge in [-0.25, -0.2) is 0 Å². The smallest absolute Gasteiger partial charge is 0.246 e. The van der Waals surface area contributed by atoms with Gasteiger partial charge in [0, 0.05) is 20.4 Å². The Morgan fingerprint density at radius 1 is 1.29 bits per heavy atom. The van der Waals surface area contributed by atoms with E-state index in [1.54, 1.807) is 0 Å². The van der Waals surface area contributed by atoms with Crippen molar-refractivity contribution in [1.82, 2.24) is 5.32 Å². The van der Waals surface area contributed by atoms with Gasteiger partial charge in [0.2, 0.25) is 5.79 Å². The summed E-state index contributed by atoms with van der Waals surface area (Å²) in [5, 5.41) is 13.0. The Hall–Kier alpha value is -1.26. The second-order valence-electron chi connectivity index (χ2n) is 4.83. The van der Waals surface area contributed by atoms with Crippen LogP contribution in [-0.2, 0) is 0 Å². The second-order valence-corrected chi connectivity index (χ2v) is 4.83. The molecule has 2 rings (SSSR count). The van der Waals surface area contributed by atoms with Gasteiger partial charge in [0.25, 0.3) is 0 Å². The molecule has 17 heavy (non-hydrogen) atoms. The first-order valence-corrected chi connectivity index (χ1v) is 5.78. The van der Waals surface area contributed by atoms with E-state index in [9.17, 15) is 5.11 Å². The maximum absolute atomic E-state index is 10.0. The molecule has 0 bridgehead atoms. The Balaban J connectivity index is 2.33.